The summed E-state index contributed by atoms with van der Waals surface area (Å²) in [6.07, 6.45) is 1.50. The van der Waals surface area contributed by atoms with Crippen LogP contribution in [0.25, 0.3) is 0 Å². The van der Waals surface area contributed by atoms with Crippen molar-refractivity contribution >= 4 is 17.5 Å². The van der Waals surface area contributed by atoms with Gasteiger partial charge in [0.2, 0.25) is 5.91 Å². The standard InChI is InChI=1S/C10H15N5O/c1-11-8-5-9(13-7-12-8)15-4-3-14(2)10(16)6-15/h5,7H,3-4,6H2,1-2H3,(H,11,12,13). The zero-order valence-corrected chi connectivity index (χ0v) is 9.47. The van der Waals surface area contributed by atoms with E-state index in [0.717, 1.165) is 24.7 Å². The molecule has 1 aliphatic rings. The first-order valence-electron chi connectivity index (χ1n) is 5.19. The Balaban J connectivity index is 2.15. The van der Waals surface area contributed by atoms with Gasteiger partial charge in [0.1, 0.15) is 18.0 Å². The predicted octanol–water partition coefficient (Wildman–Crippen LogP) is -0.203. The number of nitrogens with zero attached hydrogens (tertiary/aromatic N) is 4. The minimum atomic E-state index is 0.121. The number of carbonyl (C=O) groups is 1. The van der Waals surface area contributed by atoms with Gasteiger partial charge in [-0.15, -0.1) is 0 Å². The SMILES string of the molecule is CNc1cc(N2CCN(C)C(=O)C2)ncn1. The van der Waals surface area contributed by atoms with Crippen molar-refractivity contribution < 1.29 is 4.79 Å². The molecule has 2 rings (SSSR count). The van der Waals surface area contributed by atoms with Crippen LogP contribution in [0, 0.1) is 0 Å². The zero-order valence-electron chi connectivity index (χ0n) is 9.47. The second-order valence-electron chi connectivity index (χ2n) is 3.75. The Morgan fingerprint density at radius 3 is 2.88 bits per heavy atom. The van der Waals surface area contributed by atoms with Gasteiger partial charge in [-0.1, -0.05) is 0 Å². The summed E-state index contributed by atoms with van der Waals surface area (Å²) in [4.78, 5) is 23.5. The molecule has 6 heteroatoms. The van der Waals surface area contributed by atoms with Gasteiger partial charge in [-0.05, 0) is 0 Å². The third-order valence-electron chi connectivity index (χ3n) is 2.69. The summed E-state index contributed by atoms with van der Waals surface area (Å²) in [6, 6.07) is 1.85. The summed E-state index contributed by atoms with van der Waals surface area (Å²) < 4.78 is 0. The van der Waals surface area contributed by atoms with Crippen molar-refractivity contribution in [3.8, 4) is 0 Å². The summed E-state index contributed by atoms with van der Waals surface area (Å²) in [7, 11) is 3.62. The van der Waals surface area contributed by atoms with E-state index >= 15 is 0 Å². The van der Waals surface area contributed by atoms with E-state index in [0.29, 0.717) is 6.54 Å². The Labute approximate surface area is 94.3 Å². The van der Waals surface area contributed by atoms with Crippen LogP contribution in [-0.2, 0) is 4.79 Å². The van der Waals surface area contributed by atoms with Crippen LogP contribution in [0.3, 0.4) is 0 Å². The number of piperazine rings is 1. The van der Waals surface area contributed by atoms with E-state index in [9.17, 15) is 4.79 Å². The Morgan fingerprint density at radius 2 is 2.19 bits per heavy atom. The molecule has 2 heterocycles. The lowest BCUT2D eigenvalue weighted by Crippen LogP contribution is -2.48. The van der Waals surface area contributed by atoms with Crippen molar-refractivity contribution in [2.75, 3.05) is 43.9 Å². The molecule has 1 amide bonds. The van der Waals surface area contributed by atoms with Crippen LogP contribution in [-0.4, -0.2) is 54.5 Å². The molecular weight excluding hydrogens is 206 g/mol. The largest absolute Gasteiger partial charge is 0.373 e. The van der Waals surface area contributed by atoms with Gasteiger partial charge < -0.3 is 15.1 Å². The number of aromatic nitrogens is 2. The lowest BCUT2D eigenvalue weighted by Gasteiger charge is -2.32. The Morgan fingerprint density at radius 1 is 1.38 bits per heavy atom. The number of rotatable bonds is 2. The third kappa shape index (κ3) is 2.05. The molecular formula is C10H15N5O. The molecule has 0 radical (unpaired) electrons. The summed E-state index contributed by atoms with van der Waals surface area (Å²) in [5, 5.41) is 2.95. The second-order valence-corrected chi connectivity index (χ2v) is 3.75. The first-order chi connectivity index (χ1) is 7.70. The van der Waals surface area contributed by atoms with Crippen LogP contribution in [0.4, 0.5) is 11.6 Å². The van der Waals surface area contributed by atoms with Crippen LogP contribution in [0.5, 0.6) is 0 Å². The van der Waals surface area contributed by atoms with Crippen molar-refractivity contribution in [3.05, 3.63) is 12.4 Å². The molecule has 1 aromatic heterocycles. The highest BCUT2D eigenvalue weighted by Crippen LogP contribution is 2.15. The monoisotopic (exact) mass is 221 g/mol. The lowest BCUT2D eigenvalue weighted by atomic mass is 10.3. The average Bonchev–Trinajstić information content (AvgIpc) is 2.33. The maximum absolute atomic E-state index is 11.6. The fraction of sp³-hybridized carbons (Fsp3) is 0.500. The van der Waals surface area contributed by atoms with E-state index in [1.807, 2.05) is 18.0 Å². The van der Waals surface area contributed by atoms with Crippen molar-refractivity contribution in [1.29, 1.82) is 0 Å². The minimum Gasteiger partial charge on any atom is -0.373 e. The molecule has 1 fully saturated rings. The first kappa shape index (κ1) is 10.7. The molecule has 6 nitrogen and oxygen atoms in total. The van der Waals surface area contributed by atoms with Crippen molar-refractivity contribution in [1.82, 2.24) is 14.9 Å². The molecule has 86 valence electrons. The van der Waals surface area contributed by atoms with Crippen LogP contribution in [0.15, 0.2) is 12.4 Å². The number of nitrogens with one attached hydrogen (secondary N) is 1. The Bertz CT molecular complexity index is 395. The molecule has 0 saturated carbocycles. The minimum absolute atomic E-state index is 0.121. The second kappa shape index (κ2) is 4.34. The highest BCUT2D eigenvalue weighted by molar-refractivity contribution is 5.82. The first-order valence-corrected chi connectivity index (χ1v) is 5.19. The molecule has 0 atom stereocenters. The molecule has 1 N–H and O–H groups in total. The van der Waals surface area contributed by atoms with Gasteiger partial charge in [-0.3, -0.25) is 4.79 Å². The van der Waals surface area contributed by atoms with E-state index in [-0.39, 0.29) is 5.91 Å². The van der Waals surface area contributed by atoms with Gasteiger partial charge in [0.15, 0.2) is 0 Å². The van der Waals surface area contributed by atoms with E-state index in [4.69, 9.17) is 0 Å². The molecule has 1 aliphatic heterocycles. The maximum atomic E-state index is 11.6. The highest BCUT2D eigenvalue weighted by atomic mass is 16.2. The van der Waals surface area contributed by atoms with Gasteiger partial charge >= 0.3 is 0 Å². The van der Waals surface area contributed by atoms with Gasteiger partial charge in [0.05, 0.1) is 6.54 Å². The number of anilines is 2. The topological polar surface area (TPSA) is 61.4 Å². The molecule has 0 aromatic carbocycles. The average molecular weight is 221 g/mol. The summed E-state index contributed by atoms with van der Waals surface area (Å²) in [5.74, 6) is 1.67. The van der Waals surface area contributed by atoms with Crippen molar-refractivity contribution in [2.24, 2.45) is 0 Å². The normalized spacial score (nSPS) is 16.5. The van der Waals surface area contributed by atoms with Crippen LogP contribution in [0.1, 0.15) is 0 Å². The Kier molecular flexibility index (Phi) is 2.89. The quantitative estimate of drug-likeness (QED) is 0.749. The van der Waals surface area contributed by atoms with E-state index in [2.05, 4.69) is 15.3 Å². The van der Waals surface area contributed by atoms with E-state index < -0.39 is 0 Å². The number of hydrogen-bond donors (Lipinski definition) is 1. The molecule has 0 spiro atoms. The highest BCUT2D eigenvalue weighted by Gasteiger charge is 2.21. The number of likely N-dealkylation sites (N-methyl/N-ethyl adjacent to an activating group) is 1. The fourth-order valence-corrected chi connectivity index (χ4v) is 1.61. The zero-order chi connectivity index (χ0) is 11.5. The van der Waals surface area contributed by atoms with Crippen molar-refractivity contribution in [2.45, 2.75) is 0 Å². The van der Waals surface area contributed by atoms with E-state index in [1.165, 1.54) is 6.33 Å². The van der Waals surface area contributed by atoms with E-state index in [1.54, 1.807) is 11.9 Å². The van der Waals surface area contributed by atoms with Gasteiger partial charge in [0.25, 0.3) is 0 Å². The predicted molar refractivity (Wildman–Crippen MR) is 61.4 cm³/mol. The summed E-state index contributed by atoms with van der Waals surface area (Å²) >= 11 is 0. The maximum Gasteiger partial charge on any atom is 0.241 e. The van der Waals surface area contributed by atoms with Gasteiger partial charge in [0, 0.05) is 33.3 Å². The van der Waals surface area contributed by atoms with Crippen molar-refractivity contribution in [3.63, 3.8) is 0 Å². The molecule has 16 heavy (non-hydrogen) atoms. The van der Waals surface area contributed by atoms with Crippen LogP contribution < -0.4 is 10.2 Å². The molecule has 0 bridgehead atoms. The summed E-state index contributed by atoms with van der Waals surface area (Å²) in [5.41, 5.74) is 0. The third-order valence-corrected chi connectivity index (χ3v) is 2.69. The van der Waals surface area contributed by atoms with Crippen LogP contribution in [0.2, 0.25) is 0 Å². The van der Waals surface area contributed by atoms with Gasteiger partial charge in [-0.2, -0.15) is 0 Å². The molecule has 0 aliphatic carbocycles. The molecule has 1 aromatic rings. The number of hydrogen-bond acceptors (Lipinski definition) is 5. The molecule has 1 saturated heterocycles. The van der Waals surface area contributed by atoms with Crippen LogP contribution >= 0.6 is 0 Å². The lowest BCUT2D eigenvalue weighted by molar-refractivity contribution is -0.129. The fourth-order valence-electron chi connectivity index (χ4n) is 1.61. The smallest absolute Gasteiger partial charge is 0.241 e. The molecule has 0 unspecified atom stereocenters. The number of amides is 1. The van der Waals surface area contributed by atoms with Gasteiger partial charge in [-0.25, -0.2) is 9.97 Å². The Hall–Kier alpha value is -1.85. The summed E-state index contributed by atoms with van der Waals surface area (Å²) in [6.45, 7) is 1.93. The number of carbonyl (C=O) groups excluding carboxylic acids is 1.